The number of sulfonamides is 1. The summed E-state index contributed by atoms with van der Waals surface area (Å²) in [5.41, 5.74) is -1.31. The molecule has 2 aromatic rings. The Labute approximate surface area is 164 Å². The van der Waals surface area contributed by atoms with Crippen molar-refractivity contribution in [2.75, 3.05) is 18.4 Å². The minimum Gasteiger partial charge on any atom is -0.366 e. The lowest BCUT2D eigenvalue weighted by molar-refractivity contribution is -0.137. The van der Waals surface area contributed by atoms with Crippen LogP contribution in [0.1, 0.15) is 18.4 Å². The van der Waals surface area contributed by atoms with Gasteiger partial charge in [0.15, 0.2) is 0 Å². The molecule has 0 spiro atoms. The quantitative estimate of drug-likeness (QED) is 0.780. The molecule has 0 aliphatic carbocycles. The summed E-state index contributed by atoms with van der Waals surface area (Å²) in [5.74, 6) is -0.916. The van der Waals surface area contributed by atoms with Crippen LogP contribution in [-0.4, -0.2) is 36.7 Å². The molecule has 1 saturated heterocycles. The molecular weight excluding hydrogens is 411 g/mol. The lowest BCUT2D eigenvalue weighted by Gasteiger charge is -2.30. The Morgan fingerprint density at radius 1 is 1.17 bits per heavy atom. The monoisotopic (exact) mass is 429 g/mol. The third kappa shape index (κ3) is 4.67. The second kappa shape index (κ2) is 7.99. The third-order valence-electron chi connectivity index (χ3n) is 4.71. The summed E-state index contributed by atoms with van der Waals surface area (Å²) in [6, 6.07) is 4.84. The summed E-state index contributed by atoms with van der Waals surface area (Å²) in [6.07, 6.45) is -1.49. The largest absolute Gasteiger partial charge is 0.416 e. The molecule has 2 N–H and O–H groups in total. The number of hydrogen-bond donors (Lipinski definition) is 2. The number of aromatic amines is 1. The number of rotatable bonds is 4. The Balaban J connectivity index is 1.68. The van der Waals surface area contributed by atoms with Gasteiger partial charge in [0, 0.05) is 37.5 Å². The summed E-state index contributed by atoms with van der Waals surface area (Å²) in [5, 5.41) is 2.51. The van der Waals surface area contributed by atoms with Crippen molar-refractivity contribution in [3.8, 4) is 0 Å². The number of H-pyrrole nitrogens is 1. The first-order valence-corrected chi connectivity index (χ1v) is 10.2. The number of nitrogens with one attached hydrogen (secondary N) is 2. The van der Waals surface area contributed by atoms with Crippen molar-refractivity contribution in [3.05, 3.63) is 58.5 Å². The van der Waals surface area contributed by atoms with E-state index >= 15 is 0 Å². The van der Waals surface area contributed by atoms with Crippen molar-refractivity contribution >= 4 is 21.6 Å². The highest BCUT2D eigenvalue weighted by molar-refractivity contribution is 7.89. The first-order chi connectivity index (χ1) is 13.6. The molecule has 1 aliphatic rings. The molecule has 0 bridgehead atoms. The maximum atomic E-state index is 12.9. The van der Waals surface area contributed by atoms with Gasteiger partial charge in [0.05, 0.1) is 10.5 Å². The van der Waals surface area contributed by atoms with Crippen molar-refractivity contribution < 1.29 is 26.4 Å². The molecule has 3 rings (SSSR count). The highest BCUT2D eigenvalue weighted by Gasteiger charge is 2.35. The van der Waals surface area contributed by atoms with Gasteiger partial charge < -0.3 is 10.3 Å². The smallest absolute Gasteiger partial charge is 0.366 e. The lowest BCUT2D eigenvalue weighted by atomic mass is 9.97. The SMILES string of the molecule is O=C(Nc1c[nH]ccc1=O)C1CCN(S(=O)(=O)c2cccc(C(F)(F)F)c2)CC1. The van der Waals surface area contributed by atoms with Gasteiger partial charge in [-0.3, -0.25) is 9.59 Å². The fourth-order valence-electron chi connectivity index (χ4n) is 3.09. The molecule has 0 unspecified atom stereocenters. The van der Waals surface area contributed by atoms with Crippen LogP contribution in [0.4, 0.5) is 18.9 Å². The molecule has 11 heteroatoms. The molecule has 1 aromatic heterocycles. The Bertz CT molecular complexity index is 1060. The van der Waals surface area contributed by atoms with Gasteiger partial charge in [-0.2, -0.15) is 17.5 Å². The van der Waals surface area contributed by atoms with E-state index in [-0.39, 0.29) is 37.0 Å². The number of benzene rings is 1. The van der Waals surface area contributed by atoms with Crippen LogP contribution in [0.3, 0.4) is 0 Å². The van der Waals surface area contributed by atoms with E-state index in [1.807, 2.05) is 0 Å². The van der Waals surface area contributed by atoms with E-state index in [0.717, 1.165) is 22.5 Å². The Morgan fingerprint density at radius 3 is 2.48 bits per heavy atom. The Morgan fingerprint density at radius 2 is 1.86 bits per heavy atom. The van der Waals surface area contributed by atoms with Gasteiger partial charge in [-0.15, -0.1) is 0 Å². The van der Waals surface area contributed by atoms with Crippen molar-refractivity contribution in [2.45, 2.75) is 23.9 Å². The average molecular weight is 429 g/mol. The van der Waals surface area contributed by atoms with Crippen LogP contribution in [0, 0.1) is 5.92 Å². The number of halogens is 3. The minimum absolute atomic E-state index is 0.0121. The van der Waals surface area contributed by atoms with Gasteiger partial charge in [0.2, 0.25) is 21.4 Å². The van der Waals surface area contributed by atoms with Crippen molar-refractivity contribution in [2.24, 2.45) is 5.92 Å². The van der Waals surface area contributed by atoms with Gasteiger partial charge in [-0.1, -0.05) is 6.07 Å². The van der Waals surface area contributed by atoms with Crippen LogP contribution < -0.4 is 10.7 Å². The molecule has 0 radical (unpaired) electrons. The van der Waals surface area contributed by atoms with E-state index in [4.69, 9.17) is 0 Å². The van der Waals surface area contributed by atoms with Crippen LogP contribution in [0.15, 0.2) is 52.4 Å². The zero-order valence-electron chi connectivity index (χ0n) is 15.1. The van der Waals surface area contributed by atoms with Gasteiger partial charge in [-0.25, -0.2) is 8.42 Å². The fourth-order valence-corrected chi connectivity index (χ4v) is 4.61. The summed E-state index contributed by atoms with van der Waals surface area (Å²) >= 11 is 0. The van der Waals surface area contributed by atoms with Gasteiger partial charge >= 0.3 is 6.18 Å². The van der Waals surface area contributed by atoms with E-state index in [1.54, 1.807) is 0 Å². The molecule has 7 nitrogen and oxygen atoms in total. The topological polar surface area (TPSA) is 99.3 Å². The molecule has 2 heterocycles. The maximum Gasteiger partial charge on any atom is 0.416 e. The van der Waals surface area contributed by atoms with Crippen LogP contribution in [0.5, 0.6) is 0 Å². The molecule has 1 amide bonds. The number of alkyl halides is 3. The maximum absolute atomic E-state index is 12.9. The number of pyridine rings is 1. The van der Waals surface area contributed by atoms with Crippen molar-refractivity contribution in [1.29, 1.82) is 0 Å². The Kier molecular flexibility index (Phi) is 5.80. The molecule has 0 saturated carbocycles. The number of amides is 1. The average Bonchev–Trinajstić information content (AvgIpc) is 2.69. The van der Waals surface area contributed by atoms with Gasteiger partial charge in [-0.05, 0) is 31.0 Å². The van der Waals surface area contributed by atoms with Gasteiger partial charge in [0.1, 0.15) is 5.69 Å². The Hall–Kier alpha value is -2.66. The van der Waals surface area contributed by atoms with Crippen molar-refractivity contribution in [3.63, 3.8) is 0 Å². The van der Waals surface area contributed by atoms with Crippen LogP contribution in [-0.2, 0) is 21.0 Å². The van der Waals surface area contributed by atoms with Crippen LogP contribution in [0.2, 0.25) is 0 Å². The second-order valence-corrected chi connectivity index (χ2v) is 8.55. The molecule has 156 valence electrons. The number of piperidine rings is 1. The number of anilines is 1. The minimum atomic E-state index is -4.65. The number of nitrogens with zero attached hydrogens (tertiary/aromatic N) is 1. The number of carbonyl (C=O) groups excluding carboxylic acids is 1. The number of aromatic nitrogens is 1. The van der Waals surface area contributed by atoms with E-state index in [1.165, 1.54) is 18.5 Å². The van der Waals surface area contributed by atoms with E-state index < -0.39 is 38.5 Å². The van der Waals surface area contributed by atoms with Crippen LogP contribution in [0.25, 0.3) is 0 Å². The third-order valence-corrected chi connectivity index (χ3v) is 6.60. The predicted molar refractivity (Wildman–Crippen MR) is 98.6 cm³/mol. The van der Waals surface area contributed by atoms with E-state index in [0.29, 0.717) is 6.07 Å². The first-order valence-electron chi connectivity index (χ1n) is 8.74. The number of carbonyl (C=O) groups is 1. The summed E-state index contributed by atoms with van der Waals surface area (Å²) in [4.78, 5) is 26.3. The molecule has 0 atom stereocenters. The molecule has 1 aromatic carbocycles. The highest BCUT2D eigenvalue weighted by atomic mass is 32.2. The molecule has 1 aliphatic heterocycles. The van der Waals surface area contributed by atoms with E-state index in [2.05, 4.69) is 10.3 Å². The summed E-state index contributed by atoms with van der Waals surface area (Å²) in [7, 11) is -4.11. The molecule has 1 fully saturated rings. The normalized spacial score (nSPS) is 16.5. The molecule has 29 heavy (non-hydrogen) atoms. The molecular formula is C18H18F3N3O4S. The predicted octanol–water partition coefficient (Wildman–Crippen LogP) is 2.43. The fraction of sp³-hybridized carbons (Fsp3) is 0.333. The zero-order chi connectivity index (χ0) is 21.2. The van der Waals surface area contributed by atoms with Crippen molar-refractivity contribution in [1.82, 2.24) is 9.29 Å². The standard InChI is InChI=1S/C18H18F3N3O4S/c19-18(20,21)13-2-1-3-14(10-13)29(27,28)24-8-5-12(6-9-24)17(26)23-15-11-22-7-4-16(15)25/h1-4,7,10-12H,5-6,8-9H2,(H,22,25)(H,23,26). The van der Waals surface area contributed by atoms with Gasteiger partial charge in [0.25, 0.3) is 0 Å². The van der Waals surface area contributed by atoms with Crippen LogP contribution >= 0.6 is 0 Å². The zero-order valence-corrected chi connectivity index (χ0v) is 15.9. The van der Waals surface area contributed by atoms with E-state index in [9.17, 15) is 31.2 Å². The summed E-state index contributed by atoms with van der Waals surface area (Å²) in [6.45, 7) is -0.0242. The second-order valence-electron chi connectivity index (χ2n) is 6.62. The first kappa shape index (κ1) is 21.1. The highest BCUT2D eigenvalue weighted by Crippen LogP contribution is 2.32. The lowest BCUT2D eigenvalue weighted by Crippen LogP contribution is -2.41. The summed E-state index contributed by atoms with van der Waals surface area (Å²) < 4.78 is 65.1. The number of hydrogen-bond acceptors (Lipinski definition) is 4.